The molecule has 33 heavy (non-hydrogen) atoms. The van der Waals surface area contributed by atoms with Crippen molar-refractivity contribution in [2.24, 2.45) is 0 Å². The minimum absolute atomic E-state index is 0.597. The van der Waals surface area contributed by atoms with Gasteiger partial charge in [-0.05, 0) is 49.7 Å². The summed E-state index contributed by atoms with van der Waals surface area (Å²) in [6.45, 7) is 9.30. The normalized spacial score (nSPS) is 14.4. The molecule has 0 bridgehead atoms. The van der Waals surface area contributed by atoms with Crippen LogP contribution in [0.1, 0.15) is 16.3 Å². The Morgan fingerprint density at radius 2 is 1.64 bits per heavy atom. The molecule has 1 fully saturated rings. The van der Waals surface area contributed by atoms with Crippen molar-refractivity contribution < 1.29 is 0 Å². The Bertz CT molecular complexity index is 1200. The first-order valence-corrected chi connectivity index (χ1v) is 12.1. The Hall–Kier alpha value is -3.29. The van der Waals surface area contributed by atoms with Gasteiger partial charge in [0.1, 0.15) is 0 Å². The van der Waals surface area contributed by atoms with Gasteiger partial charge < -0.3 is 10.2 Å². The molecule has 0 atom stereocenters. The number of hydrogen-bond acceptors (Lipinski definition) is 7. The number of anilines is 3. The summed E-state index contributed by atoms with van der Waals surface area (Å²) < 4.78 is 0. The summed E-state index contributed by atoms with van der Waals surface area (Å²) in [6.07, 6.45) is 1.79. The molecule has 7 heteroatoms. The zero-order valence-electron chi connectivity index (χ0n) is 19.0. The van der Waals surface area contributed by atoms with E-state index >= 15 is 0 Å². The van der Waals surface area contributed by atoms with Gasteiger partial charge in [-0.15, -0.1) is 11.3 Å². The third-order valence-electron chi connectivity index (χ3n) is 5.90. The Balaban J connectivity index is 1.19. The zero-order valence-corrected chi connectivity index (χ0v) is 19.8. The van der Waals surface area contributed by atoms with Gasteiger partial charge in [0.2, 0.25) is 5.95 Å². The van der Waals surface area contributed by atoms with E-state index in [2.05, 4.69) is 79.7 Å². The standard InChI is InChI=1S/C26H28N6S/c1-19-25(33-20(2)28-19)24-12-13-27-26(30-24)29-22-8-10-23(11-9-22)32-16-14-31(15-17-32)18-21-6-4-3-5-7-21/h3-13H,14-18H2,1-2H3,(H,27,29,30). The number of nitrogens with one attached hydrogen (secondary N) is 1. The lowest BCUT2D eigenvalue weighted by molar-refractivity contribution is 0.250. The van der Waals surface area contributed by atoms with Crippen molar-refractivity contribution in [3.8, 4) is 10.6 Å². The van der Waals surface area contributed by atoms with Crippen molar-refractivity contribution in [1.29, 1.82) is 0 Å². The van der Waals surface area contributed by atoms with Crippen LogP contribution in [0.4, 0.5) is 17.3 Å². The minimum Gasteiger partial charge on any atom is -0.369 e. The summed E-state index contributed by atoms with van der Waals surface area (Å²) in [4.78, 5) is 19.7. The molecule has 0 saturated carbocycles. The van der Waals surface area contributed by atoms with Gasteiger partial charge in [0.05, 0.1) is 21.3 Å². The molecule has 0 radical (unpaired) electrons. The highest BCUT2D eigenvalue weighted by Crippen LogP contribution is 2.29. The summed E-state index contributed by atoms with van der Waals surface area (Å²) in [6, 6.07) is 21.2. The number of nitrogens with zero attached hydrogens (tertiary/aromatic N) is 5. The average Bonchev–Trinajstić information content (AvgIpc) is 3.19. The van der Waals surface area contributed by atoms with Crippen LogP contribution in [0.25, 0.3) is 10.6 Å². The Kier molecular flexibility index (Phi) is 6.32. The molecular formula is C26H28N6S. The highest BCUT2D eigenvalue weighted by Gasteiger charge is 2.17. The predicted molar refractivity (Wildman–Crippen MR) is 136 cm³/mol. The van der Waals surface area contributed by atoms with Crippen LogP contribution >= 0.6 is 11.3 Å². The molecule has 3 heterocycles. The highest BCUT2D eigenvalue weighted by atomic mass is 32.1. The molecule has 1 aliphatic rings. The maximum Gasteiger partial charge on any atom is 0.227 e. The van der Waals surface area contributed by atoms with E-state index in [0.29, 0.717) is 5.95 Å². The summed E-state index contributed by atoms with van der Waals surface area (Å²) in [5.41, 5.74) is 5.53. The Morgan fingerprint density at radius 1 is 0.879 bits per heavy atom. The van der Waals surface area contributed by atoms with E-state index in [0.717, 1.165) is 59.7 Å². The SMILES string of the molecule is Cc1nc(C)c(-c2ccnc(Nc3ccc(N4CCN(Cc5ccccc5)CC4)cc3)n2)s1. The lowest BCUT2D eigenvalue weighted by Gasteiger charge is -2.36. The number of hydrogen-bond donors (Lipinski definition) is 1. The lowest BCUT2D eigenvalue weighted by atomic mass is 10.2. The molecule has 168 valence electrons. The molecule has 4 aromatic rings. The van der Waals surface area contributed by atoms with Crippen LogP contribution in [-0.2, 0) is 6.54 Å². The Morgan fingerprint density at radius 3 is 2.33 bits per heavy atom. The monoisotopic (exact) mass is 456 g/mol. The number of rotatable bonds is 6. The number of thiazole rings is 1. The molecular weight excluding hydrogens is 428 g/mol. The molecule has 6 nitrogen and oxygen atoms in total. The fourth-order valence-corrected chi connectivity index (χ4v) is 5.09. The average molecular weight is 457 g/mol. The van der Waals surface area contributed by atoms with Crippen molar-refractivity contribution in [2.75, 3.05) is 36.4 Å². The van der Waals surface area contributed by atoms with Gasteiger partial charge in [-0.1, -0.05) is 30.3 Å². The molecule has 2 aromatic carbocycles. The van der Waals surface area contributed by atoms with Gasteiger partial charge in [-0.25, -0.2) is 15.0 Å². The first-order chi connectivity index (χ1) is 16.1. The second-order valence-corrected chi connectivity index (χ2v) is 9.54. The maximum atomic E-state index is 4.70. The summed E-state index contributed by atoms with van der Waals surface area (Å²) in [5.74, 6) is 0.597. The van der Waals surface area contributed by atoms with Gasteiger partial charge in [0.15, 0.2) is 0 Å². The highest BCUT2D eigenvalue weighted by molar-refractivity contribution is 7.15. The van der Waals surface area contributed by atoms with Gasteiger partial charge in [0.25, 0.3) is 0 Å². The van der Waals surface area contributed by atoms with Crippen LogP contribution in [0.2, 0.25) is 0 Å². The third kappa shape index (κ3) is 5.21. The largest absolute Gasteiger partial charge is 0.369 e. The third-order valence-corrected chi connectivity index (χ3v) is 7.00. The predicted octanol–water partition coefficient (Wildman–Crippen LogP) is 5.28. The molecule has 5 rings (SSSR count). The molecule has 2 aromatic heterocycles. The molecule has 0 aliphatic carbocycles. The molecule has 0 amide bonds. The van der Waals surface area contributed by atoms with Crippen LogP contribution in [0.5, 0.6) is 0 Å². The first kappa shape index (κ1) is 21.6. The van der Waals surface area contributed by atoms with Crippen LogP contribution < -0.4 is 10.2 Å². The number of aryl methyl sites for hydroxylation is 2. The molecule has 1 saturated heterocycles. The minimum atomic E-state index is 0.597. The zero-order chi connectivity index (χ0) is 22.6. The van der Waals surface area contributed by atoms with Crippen molar-refractivity contribution in [3.05, 3.63) is 83.1 Å². The second-order valence-electron chi connectivity index (χ2n) is 8.33. The van der Waals surface area contributed by atoms with E-state index in [-0.39, 0.29) is 0 Å². The fraction of sp³-hybridized carbons (Fsp3) is 0.269. The lowest BCUT2D eigenvalue weighted by Crippen LogP contribution is -2.45. The summed E-state index contributed by atoms with van der Waals surface area (Å²) >= 11 is 1.66. The summed E-state index contributed by atoms with van der Waals surface area (Å²) in [7, 11) is 0. The van der Waals surface area contributed by atoms with E-state index < -0.39 is 0 Å². The Labute approximate surface area is 199 Å². The molecule has 0 spiro atoms. The van der Waals surface area contributed by atoms with Crippen LogP contribution in [0, 0.1) is 13.8 Å². The van der Waals surface area contributed by atoms with Crippen LogP contribution in [-0.4, -0.2) is 46.0 Å². The van der Waals surface area contributed by atoms with E-state index in [1.165, 1.54) is 11.3 Å². The van der Waals surface area contributed by atoms with Crippen LogP contribution in [0.3, 0.4) is 0 Å². The van der Waals surface area contributed by atoms with Gasteiger partial charge in [0, 0.05) is 50.3 Å². The van der Waals surface area contributed by atoms with E-state index in [4.69, 9.17) is 4.98 Å². The van der Waals surface area contributed by atoms with E-state index in [1.54, 1.807) is 17.5 Å². The summed E-state index contributed by atoms with van der Waals surface area (Å²) in [5, 5.41) is 4.39. The van der Waals surface area contributed by atoms with E-state index in [9.17, 15) is 0 Å². The van der Waals surface area contributed by atoms with Gasteiger partial charge in [-0.3, -0.25) is 4.90 Å². The smallest absolute Gasteiger partial charge is 0.227 e. The van der Waals surface area contributed by atoms with Crippen LogP contribution in [0.15, 0.2) is 66.9 Å². The maximum absolute atomic E-state index is 4.70. The number of benzene rings is 2. The van der Waals surface area contributed by atoms with Crippen molar-refractivity contribution in [2.45, 2.75) is 20.4 Å². The van der Waals surface area contributed by atoms with E-state index in [1.807, 2.05) is 19.9 Å². The van der Waals surface area contributed by atoms with Gasteiger partial charge in [-0.2, -0.15) is 0 Å². The van der Waals surface area contributed by atoms with Crippen molar-refractivity contribution in [3.63, 3.8) is 0 Å². The topological polar surface area (TPSA) is 57.2 Å². The molecule has 1 aliphatic heterocycles. The quantitative estimate of drug-likeness (QED) is 0.426. The number of piperazine rings is 1. The van der Waals surface area contributed by atoms with Gasteiger partial charge >= 0.3 is 0 Å². The van der Waals surface area contributed by atoms with Crippen molar-refractivity contribution in [1.82, 2.24) is 19.9 Å². The second kappa shape index (κ2) is 9.68. The molecule has 1 N–H and O–H groups in total. The number of aromatic nitrogens is 3. The molecule has 0 unspecified atom stereocenters. The fourth-order valence-electron chi connectivity index (χ4n) is 4.20. The first-order valence-electron chi connectivity index (χ1n) is 11.3. The van der Waals surface area contributed by atoms with Crippen molar-refractivity contribution >= 4 is 28.7 Å².